The Balaban J connectivity index is 0.00000259. The molecule has 1 spiro atoms. The minimum Gasteiger partial charge on any atom is -1.00 e. The zero-order valence-corrected chi connectivity index (χ0v) is 20.9. The minimum atomic E-state index is -1.25. The van der Waals surface area contributed by atoms with Crippen LogP contribution in [0, 0.1) is 0 Å². The van der Waals surface area contributed by atoms with Gasteiger partial charge in [-0.3, -0.25) is 0 Å². The first-order chi connectivity index (χ1) is 15.7. The monoisotopic (exact) mass is 487 g/mol. The Morgan fingerprint density at radius 1 is 0.939 bits per heavy atom. The van der Waals surface area contributed by atoms with E-state index in [0.717, 1.165) is 24.0 Å². The number of nitrogens with zero attached hydrogens (tertiary/aromatic N) is 1. The summed E-state index contributed by atoms with van der Waals surface area (Å²) in [5.74, 6) is 0.137. The topological polar surface area (TPSA) is 35.5 Å². The van der Waals surface area contributed by atoms with Crippen LogP contribution >= 0.6 is 11.8 Å². The number of quaternary nitrogens is 1. The van der Waals surface area contributed by atoms with Gasteiger partial charge >= 0.3 is 5.97 Å². The highest BCUT2D eigenvalue weighted by atomic mass is 35.5. The van der Waals surface area contributed by atoms with E-state index in [1.54, 1.807) is 11.8 Å². The Bertz CT molecular complexity index is 864. The van der Waals surface area contributed by atoms with Gasteiger partial charge in [-0.05, 0) is 17.4 Å². The average molecular weight is 488 g/mol. The molecule has 0 N–H and O–H groups in total. The maximum Gasteiger partial charge on any atom is 0.348 e. The molecule has 3 aliphatic rings. The van der Waals surface area contributed by atoms with Gasteiger partial charge in [-0.25, -0.2) is 4.79 Å². The highest BCUT2D eigenvalue weighted by Crippen LogP contribution is 2.47. The van der Waals surface area contributed by atoms with Crippen molar-refractivity contribution in [3.8, 4) is 0 Å². The number of carbonyl (C=O) groups excluding carboxylic acids is 1. The van der Waals surface area contributed by atoms with E-state index >= 15 is 0 Å². The maximum absolute atomic E-state index is 14.0. The molecule has 2 unspecified atom stereocenters. The SMILES string of the molecule is CSCOC(C(=O)OC1CC2CCC(C1)[N+]21CCCC1)(c1ccccc1)c1ccccc1.[Cl-]. The Morgan fingerprint density at radius 2 is 1.45 bits per heavy atom. The van der Waals surface area contributed by atoms with Gasteiger partial charge in [0.05, 0.1) is 31.1 Å². The number of esters is 1. The fourth-order valence-electron chi connectivity index (χ4n) is 6.66. The number of rotatable bonds is 7. The second kappa shape index (κ2) is 10.4. The molecular weight excluding hydrogens is 454 g/mol. The summed E-state index contributed by atoms with van der Waals surface area (Å²) in [5.41, 5.74) is 0.404. The first-order valence-electron chi connectivity index (χ1n) is 12.0. The van der Waals surface area contributed by atoms with Crippen molar-refractivity contribution in [1.29, 1.82) is 0 Å². The first-order valence-corrected chi connectivity index (χ1v) is 13.4. The first kappa shape index (κ1) is 24.6. The maximum atomic E-state index is 14.0. The Hall–Kier alpha value is -1.53. The zero-order valence-electron chi connectivity index (χ0n) is 19.3. The highest BCUT2D eigenvalue weighted by molar-refractivity contribution is 7.98. The lowest BCUT2D eigenvalue weighted by Crippen LogP contribution is -3.00. The Labute approximate surface area is 208 Å². The van der Waals surface area contributed by atoms with Crippen molar-refractivity contribution in [2.45, 2.75) is 62.3 Å². The molecule has 33 heavy (non-hydrogen) atoms. The molecule has 3 heterocycles. The molecule has 2 atom stereocenters. The van der Waals surface area contributed by atoms with Crippen molar-refractivity contribution in [2.75, 3.05) is 25.3 Å². The van der Waals surface area contributed by atoms with Gasteiger partial charge in [-0.1, -0.05) is 60.7 Å². The summed E-state index contributed by atoms with van der Waals surface area (Å²) in [6.45, 7) is 2.65. The molecule has 0 aliphatic carbocycles. The van der Waals surface area contributed by atoms with E-state index in [9.17, 15) is 4.79 Å². The van der Waals surface area contributed by atoms with Crippen LogP contribution in [-0.4, -0.2) is 53.9 Å². The van der Waals surface area contributed by atoms with Crippen molar-refractivity contribution in [2.24, 2.45) is 0 Å². The van der Waals surface area contributed by atoms with E-state index < -0.39 is 5.60 Å². The summed E-state index contributed by atoms with van der Waals surface area (Å²) in [7, 11) is 0. The van der Waals surface area contributed by atoms with Crippen molar-refractivity contribution in [1.82, 2.24) is 0 Å². The molecule has 3 aliphatic heterocycles. The normalized spacial score (nSPS) is 25.5. The molecule has 2 aromatic rings. The summed E-state index contributed by atoms with van der Waals surface area (Å²) in [5, 5.41) is 0. The zero-order chi connectivity index (χ0) is 22.0. The molecule has 5 rings (SSSR count). The lowest BCUT2D eigenvalue weighted by molar-refractivity contribution is -0.956. The predicted octanol–water partition coefficient (Wildman–Crippen LogP) is 2.12. The summed E-state index contributed by atoms with van der Waals surface area (Å²) in [6.07, 6.45) is 9.22. The molecular formula is C27H34ClNO3S. The molecule has 6 heteroatoms. The molecule has 3 saturated heterocycles. The van der Waals surface area contributed by atoms with Crippen molar-refractivity contribution >= 4 is 17.7 Å². The molecule has 0 radical (unpaired) electrons. The van der Waals surface area contributed by atoms with Crippen LogP contribution in [0.3, 0.4) is 0 Å². The predicted molar refractivity (Wildman–Crippen MR) is 128 cm³/mol. The summed E-state index contributed by atoms with van der Waals surface area (Å²) < 4.78 is 14.1. The number of thioether (sulfide) groups is 1. The summed E-state index contributed by atoms with van der Waals surface area (Å²) >= 11 is 1.57. The van der Waals surface area contributed by atoms with Gasteiger partial charge in [-0.2, -0.15) is 0 Å². The summed E-state index contributed by atoms with van der Waals surface area (Å²) in [4.78, 5) is 14.0. The number of hydrogen-bond acceptors (Lipinski definition) is 4. The number of piperidine rings is 1. The molecule has 3 fully saturated rings. The van der Waals surface area contributed by atoms with Crippen LogP contribution in [0.5, 0.6) is 0 Å². The Morgan fingerprint density at radius 3 is 1.94 bits per heavy atom. The van der Waals surface area contributed by atoms with Crippen molar-refractivity contribution in [3.05, 3.63) is 71.8 Å². The summed E-state index contributed by atoms with van der Waals surface area (Å²) in [6, 6.07) is 21.0. The third-order valence-corrected chi connectivity index (χ3v) is 8.42. The van der Waals surface area contributed by atoms with Gasteiger partial charge in [0.2, 0.25) is 5.60 Å². The van der Waals surface area contributed by atoms with E-state index in [1.165, 1.54) is 43.3 Å². The van der Waals surface area contributed by atoms with Gasteiger partial charge in [0.15, 0.2) is 0 Å². The molecule has 0 aromatic heterocycles. The standard InChI is InChI=1S/C27H34NO3S.ClH/c1-32-20-30-27(21-10-4-2-5-11-21,22-12-6-3-7-13-22)26(29)31-25-18-23-14-15-24(19-25)28(23)16-8-9-17-28;/h2-7,10-13,23-25H,8-9,14-20H2,1H3;1H/q+1;/p-1. The van der Waals surface area contributed by atoms with E-state index in [4.69, 9.17) is 9.47 Å². The number of benzene rings is 2. The van der Waals surface area contributed by atoms with Gasteiger partial charge in [0.25, 0.3) is 0 Å². The van der Waals surface area contributed by atoms with Crippen LogP contribution in [0.25, 0.3) is 0 Å². The van der Waals surface area contributed by atoms with Crippen LogP contribution in [0.1, 0.15) is 49.7 Å². The lowest BCUT2D eigenvalue weighted by atomic mass is 9.85. The van der Waals surface area contributed by atoms with Crippen molar-refractivity contribution < 1.29 is 31.2 Å². The minimum absolute atomic E-state index is 0. The van der Waals surface area contributed by atoms with E-state index in [2.05, 4.69) is 0 Å². The fourth-order valence-corrected chi connectivity index (χ4v) is 6.96. The smallest absolute Gasteiger partial charge is 0.348 e. The molecule has 178 valence electrons. The van der Waals surface area contributed by atoms with Gasteiger partial charge in [0, 0.05) is 38.5 Å². The Kier molecular flexibility index (Phi) is 7.74. The third-order valence-electron chi connectivity index (χ3n) is 8.07. The van der Waals surface area contributed by atoms with Gasteiger partial charge in [0.1, 0.15) is 6.10 Å². The largest absolute Gasteiger partial charge is 1.00 e. The van der Waals surface area contributed by atoms with Gasteiger partial charge < -0.3 is 26.4 Å². The number of ether oxygens (including phenoxy) is 2. The quantitative estimate of drug-likeness (QED) is 0.340. The van der Waals surface area contributed by atoms with E-state index in [-0.39, 0.29) is 24.5 Å². The van der Waals surface area contributed by atoms with Crippen molar-refractivity contribution in [3.63, 3.8) is 0 Å². The van der Waals surface area contributed by atoms with E-state index in [1.807, 2.05) is 66.9 Å². The number of carbonyl (C=O) groups is 1. The van der Waals surface area contributed by atoms with Crippen LogP contribution in [0.2, 0.25) is 0 Å². The molecule has 2 bridgehead atoms. The van der Waals surface area contributed by atoms with Crippen LogP contribution in [0.4, 0.5) is 0 Å². The van der Waals surface area contributed by atoms with Crippen LogP contribution in [0.15, 0.2) is 60.7 Å². The number of halogens is 1. The molecule has 0 amide bonds. The fraction of sp³-hybridized carbons (Fsp3) is 0.519. The van der Waals surface area contributed by atoms with Crippen LogP contribution < -0.4 is 12.4 Å². The highest BCUT2D eigenvalue weighted by Gasteiger charge is 2.56. The lowest BCUT2D eigenvalue weighted by Gasteiger charge is -2.47. The van der Waals surface area contributed by atoms with Gasteiger partial charge in [-0.15, -0.1) is 11.8 Å². The molecule has 2 aromatic carbocycles. The van der Waals surface area contributed by atoms with E-state index in [0.29, 0.717) is 18.0 Å². The van der Waals surface area contributed by atoms with Crippen LogP contribution in [-0.2, 0) is 19.9 Å². The average Bonchev–Trinajstić information content (AvgIpc) is 3.37. The third kappa shape index (κ3) is 4.34. The molecule has 4 nitrogen and oxygen atoms in total. The second-order valence-corrected chi connectivity index (χ2v) is 10.4. The molecule has 0 saturated carbocycles. The second-order valence-electron chi connectivity index (χ2n) is 9.61. The number of hydrogen-bond donors (Lipinski definition) is 0.